The van der Waals surface area contributed by atoms with Gasteiger partial charge in [0.25, 0.3) is 0 Å². The molecule has 10 nitrogen and oxygen atoms in total. The Labute approximate surface area is 155 Å². The van der Waals surface area contributed by atoms with Crippen molar-refractivity contribution in [2.75, 3.05) is 30.8 Å². The number of H-pyrrole nitrogens is 1. The van der Waals surface area contributed by atoms with Crippen LogP contribution in [0, 0.1) is 0 Å². The molecule has 0 saturated heterocycles. The smallest absolute Gasteiger partial charge is 0.328 e. The molecule has 2 aromatic rings. The van der Waals surface area contributed by atoms with Crippen LogP contribution in [0.4, 0.5) is 11.8 Å². The van der Waals surface area contributed by atoms with Crippen LogP contribution in [-0.4, -0.2) is 55.9 Å². The molecule has 2 heterocycles. The summed E-state index contributed by atoms with van der Waals surface area (Å²) >= 11 is 0. The maximum absolute atomic E-state index is 12.4. The van der Waals surface area contributed by atoms with Gasteiger partial charge in [0.2, 0.25) is 5.95 Å². The lowest BCUT2D eigenvalue weighted by molar-refractivity contribution is -0.136. The van der Waals surface area contributed by atoms with Crippen molar-refractivity contribution in [1.82, 2.24) is 19.5 Å². The summed E-state index contributed by atoms with van der Waals surface area (Å²) in [5, 5.41) is 18.0. The van der Waals surface area contributed by atoms with Crippen LogP contribution >= 0.6 is 0 Å². The lowest BCUT2D eigenvalue weighted by atomic mass is 10.1. The number of carboxylic acids is 1. The normalized spacial score (nSPS) is 12.6. The first-order chi connectivity index (χ1) is 12.8. The minimum atomic E-state index is -0.916. The first-order valence-electron chi connectivity index (χ1n) is 8.39. The van der Waals surface area contributed by atoms with Crippen molar-refractivity contribution in [2.45, 2.75) is 26.8 Å². The largest absolute Gasteiger partial charge is 0.481 e. The number of carbonyl (C=O) groups is 1. The number of allylic oxidation sites excluding steroid dienone is 3. The van der Waals surface area contributed by atoms with Gasteiger partial charge < -0.3 is 25.8 Å². The van der Waals surface area contributed by atoms with Gasteiger partial charge in [0, 0.05) is 13.6 Å². The molecule has 0 spiro atoms. The van der Waals surface area contributed by atoms with Crippen LogP contribution in [0.5, 0.6) is 0 Å². The highest BCUT2D eigenvalue weighted by atomic mass is 16.4. The van der Waals surface area contributed by atoms with Gasteiger partial charge in [-0.3, -0.25) is 9.36 Å². The van der Waals surface area contributed by atoms with Gasteiger partial charge >= 0.3 is 11.7 Å². The van der Waals surface area contributed by atoms with Gasteiger partial charge in [0.1, 0.15) is 5.52 Å². The molecule has 0 aliphatic heterocycles. The molecule has 2 rings (SSSR count). The van der Waals surface area contributed by atoms with E-state index in [0.29, 0.717) is 29.2 Å². The van der Waals surface area contributed by atoms with Gasteiger partial charge in [0.15, 0.2) is 11.5 Å². The summed E-state index contributed by atoms with van der Waals surface area (Å²) in [6, 6.07) is 0. The Bertz CT molecular complexity index is 956. The number of nitrogen functional groups attached to an aromatic ring is 1. The van der Waals surface area contributed by atoms with E-state index in [1.807, 2.05) is 6.92 Å². The maximum atomic E-state index is 12.4. The van der Waals surface area contributed by atoms with Crippen molar-refractivity contribution < 1.29 is 15.0 Å². The number of aliphatic hydroxyl groups is 1. The zero-order chi connectivity index (χ0) is 20.1. The van der Waals surface area contributed by atoms with E-state index in [1.165, 1.54) is 4.57 Å². The Balaban J connectivity index is 2.47. The summed E-state index contributed by atoms with van der Waals surface area (Å²) < 4.78 is 1.42. The topological polar surface area (TPSA) is 150 Å². The van der Waals surface area contributed by atoms with Gasteiger partial charge in [-0.25, -0.2) is 4.79 Å². The van der Waals surface area contributed by atoms with E-state index in [0.717, 1.165) is 5.57 Å². The Morgan fingerprint density at radius 1 is 1.41 bits per heavy atom. The second-order valence-corrected chi connectivity index (χ2v) is 6.19. The lowest BCUT2D eigenvalue weighted by Gasteiger charge is -2.16. The van der Waals surface area contributed by atoms with Gasteiger partial charge in [-0.1, -0.05) is 17.7 Å². The number of carboxylic acid groups (broad SMARTS) is 1. The summed E-state index contributed by atoms with van der Waals surface area (Å²) in [4.78, 5) is 36.1. The number of likely N-dealkylation sites (N-methyl/N-ethyl adjacent to an activating group) is 1. The number of rotatable bonds is 8. The molecular formula is C17H24N6O4. The number of nitrogens with two attached hydrogens (primary N) is 1. The molecule has 146 valence electrons. The minimum Gasteiger partial charge on any atom is -0.481 e. The van der Waals surface area contributed by atoms with E-state index in [1.54, 1.807) is 31.0 Å². The van der Waals surface area contributed by atoms with E-state index < -0.39 is 11.7 Å². The number of hydrogen-bond donors (Lipinski definition) is 4. The summed E-state index contributed by atoms with van der Waals surface area (Å²) in [5.74, 6) is -0.489. The van der Waals surface area contributed by atoms with Crippen molar-refractivity contribution in [2.24, 2.45) is 0 Å². The van der Waals surface area contributed by atoms with Crippen LogP contribution in [-0.2, 0) is 11.3 Å². The van der Waals surface area contributed by atoms with Crippen molar-refractivity contribution in [1.29, 1.82) is 0 Å². The van der Waals surface area contributed by atoms with Gasteiger partial charge in [-0.2, -0.15) is 9.97 Å². The summed E-state index contributed by atoms with van der Waals surface area (Å²) in [5.41, 5.74) is 7.67. The SMILES string of the molecule is C/C=C(\C=C(/C)CC(=O)O)Cn1c(=O)[nH]c2c(N)nc(N(C)CCO)nc21. The molecule has 10 heteroatoms. The third-order valence-electron chi connectivity index (χ3n) is 3.99. The molecule has 2 aromatic heterocycles. The predicted molar refractivity (Wildman–Crippen MR) is 103 cm³/mol. The predicted octanol–water partition coefficient (Wildman–Crippen LogP) is 0.498. The first-order valence-corrected chi connectivity index (χ1v) is 8.39. The minimum absolute atomic E-state index is 0.0753. The van der Waals surface area contributed by atoms with Crippen molar-refractivity contribution in [3.8, 4) is 0 Å². The average molecular weight is 376 g/mol. The van der Waals surface area contributed by atoms with Gasteiger partial charge in [-0.15, -0.1) is 0 Å². The second-order valence-electron chi connectivity index (χ2n) is 6.19. The number of anilines is 2. The molecule has 0 fully saturated rings. The summed E-state index contributed by atoms with van der Waals surface area (Å²) in [7, 11) is 1.71. The molecule has 5 N–H and O–H groups in total. The van der Waals surface area contributed by atoms with Crippen molar-refractivity contribution >= 4 is 28.9 Å². The average Bonchev–Trinajstić information content (AvgIpc) is 2.90. The van der Waals surface area contributed by atoms with E-state index >= 15 is 0 Å². The summed E-state index contributed by atoms with van der Waals surface area (Å²) in [6.45, 7) is 3.97. The molecule has 0 atom stereocenters. The standard InChI is InChI=1S/C17H24N6O4/c1-4-11(7-10(2)8-12(25)26)9-23-15-13(19-17(23)27)14(18)20-16(21-15)22(3)5-6-24/h4,7,24H,5-6,8-9H2,1-3H3,(H,19,27)(H,25,26)(H2,18,20,21)/b10-7+,11-4+. The lowest BCUT2D eigenvalue weighted by Crippen LogP contribution is -2.24. The molecule has 27 heavy (non-hydrogen) atoms. The molecule has 0 aromatic carbocycles. The Morgan fingerprint density at radius 3 is 2.70 bits per heavy atom. The number of fused-ring (bicyclic) bond motifs is 1. The molecule has 0 aliphatic carbocycles. The first kappa shape index (κ1) is 20.2. The molecule has 0 aliphatic rings. The van der Waals surface area contributed by atoms with Crippen LogP contribution in [0.1, 0.15) is 20.3 Å². The number of imidazole rings is 1. The Kier molecular flexibility index (Phi) is 6.35. The van der Waals surface area contributed by atoms with Crippen LogP contribution in [0.3, 0.4) is 0 Å². The fourth-order valence-electron chi connectivity index (χ4n) is 2.62. The maximum Gasteiger partial charge on any atom is 0.328 e. The van der Waals surface area contributed by atoms with Gasteiger partial charge in [-0.05, 0) is 19.4 Å². The van der Waals surface area contributed by atoms with Crippen LogP contribution < -0.4 is 16.3 Å². The van der Waals surface area contributed by atoms with Crippen molar-refractivity contribution in [3.05, 3.63) is 33.8 Å². The highest BCUT2D eigenvalue weighted by molar-refractivity contribution is 5.83. The van der Waals surface area contributed by atoms with Crippen LogP contribution in [0.25, 0.3) is 11.2 Å². The van der Waals surface area contributed by atoms with Crippen molar-refractivity contribution in [3.63, 3.8) is 0 Å². The third-order valence-corrected chi connectivity index (χ3v) is 3.99. The molecular weight excluding hydrogens is 352 g/mol. The fourth-order valence-corrected chi connectivity index (χ4v) is 2.62. The number of nitrogens with zero attached hydrogens (tertiary/aromatic N) is 4. The van der Waals surface area contributed by atoms with E-state index in [4.69, 9.17) is 15.9 Å². The number of aromatic amines is 1. The fraction of sp³-hybridized carbons (Fsp3) is 0.412. The second kappa shape index (κ2) is 8.49. The van der Waals surface area contributed by atoms with E-state index in [-0.39, 0.29) is 25.4 Å². The van der Waals surface area contributed by atoms with Gasteiger partial charge in [0.05, 0.1) is 19.6 Å². The monoisotopic (exact) mass is 376 g/mol. The van der Waals surface area contributed by atoms with E-state index in [2.05, 4.69) is 15.0 Å². The molecule has 0 amide bonds. The quantitative estimate of drug-likeness (QED) is 0.486. The van der Waals surface area contributed by atoms with E-state index in [9.17, 15) is 9.59 Å². The highest BCUT2D eigenvalue weighted by Crippen LogP contribution is 2.19. The molecule has 0 saturated carbocycles. The molecule has 0 radical (unpaired) electrons. The van der Waals surface area contributed by atoms with Crippen LogP contribution in [0.15, 0.2) is 28.1 Å². The number of nitrogens with one attached hydrogen (secondary N) is 1. The zero-order valence-corrected chi connectivity index (χ0v) is 15.6. The zero-order valence-electron chi connectivity index (χ0n) is 15.6. The summed E-state index contributed by atoms with van der Waals surface area (Å²) in [6.07, 6.45) is 3.47. The number of hydrogen-bond acceptors (Lipinski definition) is 7. The van der Waals surface area contributed by atoms with Crippen LogP contribution in [0.2, 0.25) is 0 Å². The number of aromatic nitrogens is 4. The third kappa shape index (κ3) is 4.73. The number of aliphatic carboxylic acids is 1. The molecule has 0 bridgehead atoms. The highest BCUT2D eigenvalue weighted by Gasteiger charge is 2.16. The molecule has 0 unspecified atom stereocenters. The Hall–Kier alpha value is -3.14. The Morgan fingerprint density at radius 2 is 2.11 bits per heavy atom. The number of aliphatic hydroxyl groups excluding tert-OH is 1.